The van der Waals surface area contributed by atoms with Crippen LogP contribution in [0.2, 0.25) is 5.02 Å². The second kappa shape index (κ2) is 8.41. The summed E-state index contributed by atoms with van der Waals surface area (Å²) >= 11 is 6.04. The van der Waals surface area contributed by atoms with Crippen LogP contribution in [0.15, 0.2) is 53.4 Å². The molecule has 0 spiro atoms. The van der Waals surface area contributed by atoms with Crippen LogP contribution in [0.3, 0.4) is 0 Å². The summed E-state index contributed by atoms with van der Waals surface area (Å²) < 4.78 is 28.9. The molecule has 2 aromatic carbocycles. The van der Waals surface area contributed by atoms with E-state index in [2.05, 4.69) is 11.0 Å². The summed E-state index contributed by atoms with van der Waals surface area (Å²) in [5, 5.41) is 11.5. The summed E-state index contributed by atoms with van der Waals surface area (Å²) in [7, 11) is -3.22. The molecule has 1 aliphatic heterocycles. The fourth-order valence-corrected chi connectivity index (χ4v) is 4.36. The third kappa shape index (κ3) is 5.47. The molecule has 7 heteroatoms. The van der Waals surface area contributed by atoms with Crippen molar-refractivity contribution in [2.45, 2.75) is 23.8 Å². The van der Waals surface area contributed by atoms with Crippen molar-refractivity contribution in [3.8, 4) is 5.75 Å². The predicted molar refractivity (Wildman–Crippen MR) is 111 cm³/mol. The number of hydrogen-bond acceptors (Lipinski definition) is 5. The first-order valence-corrected chi connectivity index (χ1v) is 11.5. The fraction of sp³-hybridized carbons (Fsp3) is 0.429. The van der Waals surface area contributed by atoms with Gasteiger partial charge in [0.25, 0.3) is 0 Å². The molecule has 0 bridgehead atoms. The number of β-amino-alcohol motifs (C(OH)–C–C–N with tert-alkyl or cyclic N) is 1. The Bertz CT molecular complexity index is 912. The van der Waals surface area contributed by atoms with E-state index >= 15 is 0 Å². The Labute approximate surface area is 171 Å². The average molecular weight is 424 g/mol. The van der Waals surface area contributed by atoms with Crippen molar-refractivity contribution >= 4 is 21.4 Å². The van der Waals surface area contributed by atoms with E-state index < -0.39 is 15.4 Å². The van der Waals surface area contributed by atoms with Crippen molar-refractivity contribution in [3.63, 3.8) is 0 Å². The average Bonchev–Trinajstić information content (AvgIpc) is 2.91. The van der Waals surface area contributed by atoms with Crippen molar-refractivity contribution in [3.05, 3.63) is 59.1 Å². The number of ether oxygens (including phenoxy) is 1. The van der Waals surface area contributed by atoms with E-state index in [0.29, 0.717) is 18.9 Å². The normalized spacial score (nSPS) is 23.1. The van der Waals surface area contributed by atoms with Gasteiger partial charge in [-0.15, -0.1) is 0 Å². The lowest BCUT2D eigenvalue weighted by atomic mass is 9.94. The number of rotatable bonds is 7. The van der Waals surface area contributed by atoms with Gasteiger partial charge < -0.3 is 9.84 Å². The Hall–Kier alpha value is -1.60. The zero-order valence-corrected chi connectivity index (χ0v) is 17.7. The predicted octanol–water partition coefficient (Wildman–Crippen LogP) is 3.05. The molecule has 0 radical (unpaired) electrons. The topological polar surface area (TPSA) is 66.8 Å². The number of benzene rings is 2. The minimum Gasteiger partial charge on any atom is -0.493 e. The van der Waals surface area contributed by atoms with Gasteiger partial charge in [-0.3, -0.25) is 4.90 Å². The van der Waals surface area contributed by atoms with Crippen LogP contribution in [-0.2, 0) is 16.3 Å². The van der Waals surface area contributed by atoms with Gasteiger partial charge in [-0.1, -0.05) is 23.7 Å². The molecular weight excluding hydrogens is 398 g/mol. The Morgan fingerprint density at radius 1 is 1.25 bits per heavy atom. The maximum absolute atomic E-state index is 11.5. The maximum Gasteiger partial charge on any atom is 0.175 e. The molecule has 1 N–H and O–H groups in total. The number of aliphatic hydroxyl groups is 1. The van der Waals surface area contributed by atoms with Gasteiger partial charge in [0.1, 0.15) is 5.75 Å². The van der Waals surface area contributed by atoms with Gasteiger partial charge in [-0.2, -0.15) is 0 Å². The van der Waals surface area contributed by atoms with Gasteiger partial charge >= 0.3 is 0 Å². The lowest BCUT2D eigenvalue weighted by Gasteiger charge is -2.24. The standard InChI is InChI=1S/C21H26ClNO4S/c1-21(24)15-23(11-10-16-4-3-5-18(22)12-16)13-17(21)14-27-19-6-8-20(9-7-19)28(2,25)26/h3-9,12,17,24H,10-11,13-15H2,1-2H3/t17-,21+/m0/s1. The van der Waals surface area contributed by atoms with Crippen LogP contribution in [0.4, 0.5) is 0 Å². The van der Waals surface area contributed by atoms with Gasteiger partial charge in [0.15, 0.2) is 9.84 Å². The molecule has 0 amide bonds. The van der Waals surface area contributed by atoms with Gasteiger partial charge in [0.05, 0.1) is 17.1 Å². The molecule has 0 saturated carbocycles. The summed E-state index contributed by atoms with van der Waals surface area (Å²) in [5.74, 6) is 0.571. The summed E-state index contributed by atoms with van der Waals surface area (Å²) in [6.45, 7) is 4.39. The molecule has 0 aromatic heterocycles. The van der Waals surface area contributed by atoms with Gasteiger partial charge in [0, 0.05) is 36.8 Å². The number of hydrogen-bond donors (Lipinski definition) is 1. The monoisotopic (exact) mass is 423 g/mol. The molecular formula is C21H26ClNO4S. The molecule has 2 aromatic rings. The lowest BCUT2D eigenvalue weighted by molar-refractivity contribution is 0.0136. The van der Waals surface area contributed by atoms with Gasteiger partial charge in [-0.05, 0) is 55.3 Å². The molecule has 5 nitrogen and oxygen atoms in total. The number of sulfone groups is 1. The van der Waals surface area contributed by atoms with E-state index in [1.165, 1.54) is 24.0 Å². The van der Waals surface area contributed by atoms with E-state index in [1.54, 1.807) is 12.1 Å². The zero-order chi connectivity index (χ0) is 20.4. The molecule has 1 heterocycles. The Morgan fingerprint density at radius 2 is 1.96 bits per heavy atom. The third-order valence-corrected chi connectivity index (χ3v) is 6.57. The van der Waals surface area contributed by atoms with E-state index in [-0.39, 0.29) is 10.8 Å². The smallest absolute Gasteiger partial charge is 0.175 e. The SMILES string of the molecule is C[C@@]1(O)CN(CCc2cccc(Cl)c2)C[C@H]1COc1ccc(S(C)(=O)=O)cc1. The number of nitrogens with zero attached hydrogens (tertiary/aromatic N) is 1. The van der Waals surface area contributed by atoms with Crippen molar-refractivity contribution in [1.29, 1.82) is 0 Å². The largest absolute Gasteiger partial charge is 0.493 e. The highest BCUT2D eigenvalue weighted by Crippen LogP contribution is 2.29. The lowest BCUT2D eigenvalue weighted by Crippen LogP contribution is -2.37. The molecule has 152 valence electrons. The minimum atomic E-state index is -3.22. The molecule has 0 aliphatic carbocycles. The highest BCUT2D eigenvalue weighted by molar-refractivity contribution is 7.90. The molecule has 2 atom stereocenters. The van der Waals surface area contributed by atoms with Crippen LogP contribution in [0.25, 0.3) is 0 Å². The Kier molecular flexibility index (Phi) is 6.34. The second-order valence-electron chi connectivity index (χ2n) is 7.72. The van der Waals surface area contributed by atoms with E-state index in [1.807, 2.05) is 25.1 Å². The molecule has 0 unspecified atom stereocenters. The zero-order valence-electron chi connectivity index (χ0n) is 16.1. The Balaban J connectivity index is 1.54. The van der Waals surface area contributed by atoms with Crippen molar-refractivity contribution in [2.24, 2.45) is 5.92 Å². The summed E-state index contributed by atoms with van der Waals surface area (Å²) in [6, 6.07) is 14.2. The summed E-state index contributed by atoms with van der Waals surface area (Å²) in [4.78, 5) is 2.50. The quantitative estimate of drug-likeness (QED) is 0.741. The van der Waals surface area contributed by atoms with E-state index in [0.717, 1.165) is 24.5 Å². The molecule has 28 heavy (non-hydrogen) atoms. The summed E-state index contributed by atoms with van der Waals surface area (Å²) in [6.07, 6.45) is 2.05. The minimum absolute atomic E-state index is 0.0264. The molecule has 1 aliphatic rings. The third-order valence-electron chi connectivity index (χ3n) is 5.21. The molecule has 1 saturated heterocycles. The Morgan fingerprint density at radius 3 is 2.61 bits per heavy atom. The van der Waals surface area contributed by atoms with Crippen LogP contribution >= 0.6 is 11.6 Å². The van der Waals surface area contributed by atoms with Crippen LogP contribution < -0.4 is 4.74 Å². The first kappa shape index (κ1) is 21.1. The van der Waals surface area contributed by atoms with E-state index in [9.17, 15) is 13.5 Å². The van der Waals surface area contributed by atoms with Crippen molar-refractivity contribution in [2.75, 3.05) is 32.5 Å². The second-order valence-corrected chi connectivity index (χ2v) is 10.2. The summed E-state index contributed by atoms with van der Waals surface area (Å²) in [5.41, 5.74) is 0.346. The van der Waals surface area contributed by atoms with Crippen LogP contribution in [0.1, 0.15) is 12.5 Å². The van der Waals surface area contributed by atoms with Gasteiger partial charge in [-0.25, -0.2) is 8.42 Å². The van der Waals surface area contributed by atoms with Crippen LogP contribution in [0, 0.1) is 5.92 Å². The first-order valence-electron chi connectivity index (χ1n) is 9.25. The highest BCUT2D eigenvalue weighted by Gasteiger charge is 2.41. The van der Waals surface area contributed by atoms with Crippen molar-refractivity contribution < 1.29 is 18.3 Å². The van der Waals surface area contributed by atoms with Gasteiger partial charge in [0.2, 0.25) is 0 Å². The highest BCUT2D eigenvalue weighted by atomic mass is 35.5. The number of halogens is 1. The fourth-order valence-electron chi connectivity index (χ4n) is 3.52. The molecule has 3 rings (SSSR count). The van der Waals surface area contributed by atoms with Crippen molar-refractivity contribution in [1.82, 2.24) is 4.90 Å². The first-order chi connectivity index (χ1) is 13.1. The van der Waals surface area contributed by atoms with E-state index in [4.69, 9.17) is 16.3 Å². The molecule has 1 fully saturated rings. The number of likely N-dealkylation sites (tertiary alicyclic amines) is 1. The van der Waals surface area contributed by atoms with Crippen LogP contribution in [-0.4, -0.2) is 56.5 Å². The maximum atomic E-state index is 11.5. The van der Waals surface area contributed by atoms with Crippen LogP contribution in [0.5, 0.6) is 5.75 Å².